The molecule has 0 aliphatic carbocycles. The third kappa shape index (κ3) is 4.35. The molecule has 6 heteroatoms. The second-order valence-corrected chi connectivity index (χ2v) is 7.01. The van der Waals surface area contributed by atoms with Crippen LogP contribution in [0.3, 0.4) is 0 Å². The number of hydrogen-bond acceptors (Lipinski definition) is 5. The molecule has 0 saturated heterocycles. The highest BCUT2D eigenvalue weighted by Gasteiger charge is 2.21. The van der Waals surface area contributed by atoms with Crippen LogP contribution < -0.4 is 5.73 Å². The molecule has 0 spiro atoms. The van der Waals surface area contributed by atoms with Crippen LogP contribution in [0.2, 0.25) is 0 Å². The van der Waals surface area contributed by atoms with E-state index >= 15 is 0 Å². The molecule has 0 atom stereocenters. The molecule has 2 N–H and O–H groups in total. The maximum atomic E-state index is 12.3. The molecule has 0 saturated carbocycles. The van der Waals surface area contributed by atoms with Crippen LogP contribution in [0.15, 0.2) is 29.8 Å². The number of nitrogens with zero attached hydrogens (tertiary/aromatic N) is 3. The van der Waals surface area contributed by atoms with Crippen molar-refractivity contribution in [3.8, 4) is 10.7 Å². The van der Waals surface area contributed by atoms with E-state index in [9.17, 15) is 4.79 Å². The smallest absolute Gasteiger partial charge is 0.228 e. The summed E-state index contributed by atoms with van der Waals surface area (Å²) in [6.45, 7) is 5.29. The molecule has 0 radical (unpaired) electrons. The minimum atomic E-state index is -0.0778. The van der Waals surface area contributed by atoms with Gasteiger partial charge in [0, 0.05) is 25.2 Å². The quantitative estimate of drug-likeness (QED) is 0.886. The van der Waals surface area contributed by atoms with Gasteiger partial charge in [-0.25, -0.2) is 4.98 Å². The van der Waals surface area contributed by atoms with Gasteiger partial charge in [-0.15, -0.1) is 11.3 Å². The largest absolute Gasteiger partial charge is 0.345 e. The van der Waals surface area contributed by atoms with E-state index in [0.717, 1.165) is 16.4 Å². The topological polar surface area (TPSA) is 72.1 Å². The Balaban J connectivity index is 1.99. The number of amides is 1. The summed E-state index contributed by atoms with van der Waals surface area (Å²) < 4.78 is 0. The monoisotopic (exact) mass is 318 g/mol. The van der Waals surface area contributed by atoms with E-state index in [1.54, 1.807) is 11.1 Å². The summed E-state index contributed by atoms with van der Waals surface area (Å²) in [6.07, 6.45) is 2.05. The Kier molecular flexibility index (Phi) is 5.26. The molecule has 22 heavy (non-hydrogen) atoms. The zero-order chi connectivity index (χ0) is 16.2. The summed E-state index contributed by atoms with van der Waals surface area (Å²) in [5.74, 6) is 0.0550. The number of rotatable bonds is 6. The number of carbonyl (C=O) groups is 1. The van der Waals surface area contributed by atoms with Crippen molar-refractivity contribution < 1.29 is 4.79 Å². The third-order valence-electron chi connectivity index (χ3n) is 3.41. The maximum absolute atomic E-state index is 12.3. The van der Waals surface area contributed by atoms with Crippen molar-refractivity contribution in [2.45, 2.75) is 20.3 Å². The molecule has 2 rings (SSSR count). The van der Waals surface area contributed by atoms with Crippen molar-refractivity contribution in [1.82, 2.24) is 14.9 Å². The molecule has 118 valence electrons. The zero-order valence-corrected chi connectivity index (χ0v) is 14.1. The lowest BCUT2D eigenvalue weighted by Gasteiger charge is -2.28. The Morgan fingerprint density at radius 3 is 2.82 bits per heavy atom. The maximum Gasteiger partial charge on any atom is 0.228 e. The molecule has 0 unspecified atom stereocenters. The normalized spacial score (nSPS) is 11.5. The molecule has 0 bridgehead atoms. The predicted octanol–water partition coefficient (Wildman–Crippen LogP) is 2.19. The van der Waals surface area contributed by atoms with Gasteiger partial charge >= 0.3 is 0 Å². The van der Waals surface area contributed by atoms with Crippen molar-refractivity contribution in [3.05, 3.63) is 35.5 Å². The molecule has 0 fully saturated rings. The van der Waals surface area contributed by atoms with Crippen molar-refractivity contribution in [1.29, 1.82) is 0 Å². The van der Waals surface area contributed by atoms with Gasteiger partial charge in [-0.2, -0.15) is 0 Å². The van der Waals surface area contributed by atoms with E-state index in [0.29, 0.717) is 19.5 Å². The first-order valence-corrected chi connectivity index (χ1v) is 8.09. The van der Waals surface area contributed by atoms with E-state index in [-0.39, 0.29) is 11.3 Å². The molecule has 0 aromatic carbocycles. The molecule has 2 heterocycles. The summed E-state index contributed by atoms with van der Waals surface area (Å²) in [5.41, 5.74) is 7.26. The van der Waals surface area contributed by atoms with Gasteiger partial charge < -0.3 is 10.6 Å². The second kappa shape index (κ2) is 6.98. The first-order chi connectivity index (χ1) is 10.4. The van der Waals surface area contributed by atoms with E-state index in [1.165, 1.54) is 11.3 Å². The standard InChI is InChI=1S/C16H22N4OS/c1-16(2,10-17)11-20(3)14(21)8-12-9-22-15(19-12)13-6-4-5-7-18-13/h4-7,9H,8,10-11,17H2,1-3H3. The highest BCUT2D eigenvalue weighted by Crippen LogP contribution is 2.22. The lowest BCUT2D eigenvalue weighted by atomic mass is 9.93. The summed E-state index contributed by atoms with van der Waals surface area (Å²) in [7, 11) is 1.81. The number of hydrogen-bond donors (Lipinski definition) is 1. The Bertz CT molecular complexity index is 624. The molecule has 2 aromatic rings. The average Bonchev–Trinajstić information content (AvgIpc) is 2.96. The Labute approximate surface area is 135 Å². The number of nitrogens with two attached hydrogens (primary N) is 1. The van der Waals surface area contributed by atoms with Gasteiger partial charge in [-0.05, 0) is 24.1 Å². The van der Waals surface area contributed by atoms with Crippen LogP contribution in [0.1, 0.15) is 19.5 Å². The van der Waals surface area contributed by atoms with Crippen LogP contribution in [0.5, 0.6) is 0 Å². The van der Waals surface area contributed by atoms with Crippen LogP contribution in [0, 0.1) is 5.41 Å². The molecule has 1 amide bonds. The summed E-state index contributed by atoms with van der Waals surface area (Å²) in [4.78, 5) is 22.8. The van der Waals surface area contributed by atoms with Crippen molar-refractivity contribution in [2.24, 2.45) is 11.1 Å². The second-order valence-electron chi connectivity index (χ2n) is 6.15. The fourth-order valence-corrected chi connectivity index (χ4v) is 2.87. The first kappa shape index (κ1) is 16.6. The Hall–Kier alpha value is -1.79. The third-order valence-corrected chi connectivity index (χ3v) is 4.33. The van der Waals surface area contributed by atoms with Gasteiger partial charge in [0.05, 0.1) is 17.8 Å². The van der Waals surface area contributed by atoms with Crippen molar-refractivity contribution in [2.75, 3.05) is 20.1 Å². The number of likely N-dealkylation sites (N-methyl/N-ethyl adjacent to an activating group) is 1. The average molecular weight is 318 g/mol. The van der Waals surface area contributed by atoms with Crippen LogP contribution in [0.4, 0.5) is 0 Å². The Morgan fingerprint density at radius 1 is 1.41 bits per heavy atom. The van der Waals surface area contributed by atoms with E-state index < -0.39 is 0 Å². The molecule has 0 aliphatic heterocycles. The summed E-state index contributed by atoms with van der Waals surface area (Å²) in [6, 6.07) is 5.72. The van der Waals surface area contributed by atoms with E-state index in [2.05, 4.69) is 23.8 Å². The van der Waals surface area contributed by atoms with Gasteiger partial charge in [-0.3, -0.25) is 9.78 Å². The van der Waals surface area contributed by atoms with Gasteiger partial charge in [0.1, 0.15) is 5.01 Å². The van der Waals surface area contributed by atoms with Crippen LogP contribution in [-0.2, 0) is 11.2 Å². The van der Waals surface area contributed by atoms with Gasteiger partial charge in [0.15, 0.2) is 0 Å². The molecule has 2 aromatic heterocycles. The fourth-order valence-electron chi connectivity index (χ4n) is 2.08. The van der Waals surface area contributed by atoms with Crippen molar-refractivity contribution in [3.63, 3.8) is 0 Å². The van der Waals surface area contributed by atoms with E-state index in [4.69, 9.17) is 5.73 Å². The lowest BCUT2D eigenvalue weighted by Crippen LogP contribution is -2.40. The van der Waals surface area contributed by atoms with Crippen LogP contribution in [-0.4, -0.2) is 40.9 Å². The Morgan fingerprint density at radius 2 is 2.18 bits per heavy atom. The van der Waals surface area contributed by atoms with Gasteiger partial charge in [0.25, 0.3) is 0 Å². The van der Waals surface area contributed by atoms with Crippen LogP contribution in [0.25, 0.3) is 10.7 Å². The number of carbonyl (C=O) groups excluding carboxylic acids is 1. The van der Waals surface area contributed by atoms with Crippen molar-refractivity contribution >= 4 is 17.2 Å². The lowest BCUT2D eigenvalue weighted by molar-refractivity contribution is -0.130. The highest BCUT2D eigenvalue weighted by molar-refractivity contribution is 7.13. The predicted molar refractivity (Wildman–Crippen MR) is 89.5 cm³/mol. The fraction of sp³-hybridized carbons (Fsp3) is 0.438. The van der Waals surface area contributed by atoms with Gasteiger partial charge in [0.2, 0.25) is 5.91 Å². The van der Waals surface area contributed by atoms with Gasteiger partial charge in [-0.1, -0.05) is 19.9 Å². The molecular weight excluding hydrogens is 296 g/mol. The first-order valence-electron chi connectivity index (χ1n) is 7.21. The molecular formula is C16H22N4OS. The number of thiazole rings is 1. The minimum Gasteiger partial charge on any atom is -0.345 e. The number of pyridine rings is 1. The van der Waals surface area contributed by atoms with Crippen LogP contribution >= 0.6 is 11.3 Å². The number of aromatic nitrogens is 2. The molecule has 0 aliphatic rings. The highest BCUT2D eigenvalue weighted by atomic mass is 32.1. The SMILES string of the molecule is CN(CC(C)(C)CN)C(=O)Cc1csc(-c2ccccn2)n1. The summed E-state index contributed by atoms with van der Waals surface area (Å²) in [5, 5.41) is 2.76. The minimum absolute atomic E-state index is 0.0550. The molecule has 5 nitrogen and oxygen atoms in total. The zero-order valence-electron chi connectivity index (χ0n) is 13.2. The summed E-state index contributed by atoms with van der Waals surface area (Å²) >= 11 is 1.51. The van der Waals surface area contributed by atoms with E-state index in [1.807, 2.05) is 30.6 Å².